The lowest BCUT2D eigenvalue weighted by Crippen LogP contribution is -2.22. The summed E-state index contributed by atoms with van der Waals surface area (Å²) in [7, 11) is 3.64. The van der Waals surface area contributed by atoms with E-state index in [-0.39, 0.29) is 5.84 Å². The summed E-state index contributed by atoms with van der Waals surface area (Å²) < 4.78 is 6.20. The maximum Gasteiger partial charge on any atom is 0.124 e. The monoisotopic (exact) mass is 347 g/mol. The first-order chi connectivity index (χ1) is 10.0. The number of nitrogens with zero attached hydrogens (tertiary/aromatic N) is 1. The lowest BCUT2D eigenvalue weighted by atomic mass is 10.1. The van der Waals surface area contributed by atoms with Crippen LogP contribution in [-0.2, 0) is 6.54 Å². The lowest BCUT2D eigenvalue weighted by Gasteiger charge is -2.23. The molecule has 4 nitrogen and oxygen atoms in total. The zero-order valence-corrected chi connectivity index (χ0v) is 13.6. The Labute approximate surface area is 133 Å². The van der Waals surface area contributed by atoms with Crippen LogP contribution in [0.2, 0.25) is 0 Å². The van der Waals surface area contributed by atoms with Gasteiger partial charge in [-0.1, -0.05) is 28.1 Å². The molecule has 0 aromatic heterocycles. The van der Waals surface area contributed by atoms with Crippen molar-refractivity contribution in [2.45, 2.75) is 6.54 Å². The summed E-state index contributed by atoms with van der Waals surface area (Å²) >= 11 is 3.46. The van der Waals surface area contributed by atoms with Crippen LogP contribution in [-0.4, -0.2) is 20.0 Å². The van der Waals surface area contributed by atoms with E-state index in [0.29, 0.717) is 6.54 Å². The van der Waals surface area contributed by atoms with Crippen LogP contribution in [0.4, 0.5) is 5.69 Å². The fourth-order valence-electron chi connectivity index (χ4n) is 2.18. The Balaban J connectivity index is 2.29. The van der Waals surface area contributed by atoms with Gasteiger partial charge >= 0.3 is 0 Å². The molecule has 2 aromatic rings. The summed E-state index contributed by atoms with van der Waals surface area (Å²) in [6, 6.07) is 13.6. The molecule has 2 rings (SSSR count). The smallest absolute Gasteiger partial charge is 0.124 e. The molecule has 0 saturated carbocycles. The Morgan fingerprint density at radius 1 is 1.29 bits per heavy atom. The predicted octanol–water partition coefficient (Wildman–Crippen LogP) is 3.38. The molecule has 0 heterocycles. The molecule has 0 aliphatic heterocycles. The highest BCUT2D eigenvalue weighted by Gasteiger charge is 2.11. The Kier molecular flexibility index (Phi) is 4.85. The first-order valence-electron chi connectivity index (χ1n) is 6.49. The molecule has 2 aromatic carbocycles. The number of hydrogen-bond donors (Lipinski definition) is 2. The number of hydrogen-bond acceptors (Lipinski definition) is 3. The van der Waals surface area contributed by atoms with Gasteiger partial charge in [0.25, 0.3) is 0 Å². The molecule has 21 heavy (non-hydrogen) atoms. The van der Waals surface area contributed by atoms with Crippen molar-refractivity contribution in [3.05, 3.63) is 58.1 Å². The molecule has 0 fully saturated rings. The predicted molar refractivity (Wildman–Crippen MR) is 90.3 cm³/mol. The lowest BCUT2D eigenvalue weighted by molar-refractivity contribution is 0.414. The minimum absolute atomic E-state index is 0.0648. The second-order valence-corrected chi connectivity index (χ2v) is 5.70. The molecule has 110 valence electrons. The topological polar surface area (TPSA) is 62.3 Å². The molecule has 0 spiro atoms. The highest BCUT2D eigenvalue weighted by atomic mass is 79.9. The first kappa shape index (κ1) is 15.4. The molecule has 0 aliphatic rings. The number of amidine groups is 1. The van der Waals surface area contributed by atoms with E-state index >= 15 is 0 Å². The van der Waals surface area contributed by atoms with E-state index in [1.54, 1.807) is 7.11 Å². The van der Waals surface area contributed by atoms with Crippen LogP contribution in [0.3, 0.4) is 0 Å². The fourth-order valence-corrected chi connectivity index (χ4v) is 2.53. The van der Waals surface area contributed by atoms with Crippen LogP contribution in [0.25, 0.3) is 0 Å². The maximum atomic E-state index is 7.70. The van der Waals surface area contributed by atoms with E-state index in [4.69, 9.17) is 15.9 Å². The van der Waals surface area contributed by atoms with Crippen LogP contribution in [0, 0.1) is 5.41 Å². The molecule has 0 amide bonds. The van der Waals surface area contributed by atoms with E-state index in [0.717, 1.165) is 27.0 Å². The van der Waals surface area contributed by atoms with Gasteiger partial charge in [-0.05, 0) is 35.9 Å². The van der Waals surface area contributed by atoms with Gasteiger partial charge in [-0.25, -0.2) is 0 Å². The third-order valence-corrected chi connectivity index (χ3v) is 3.71. The van der Waals surface area contributed by atoms with Gasteiger partial charge < -0.3 is 15.4 Å². The molecular formula is C16H18BrN3O. The maximum absolute atomic E-state index is 7.70. The van der Waals surface area contributed by atoms with E-state index in [1.807, 2.05) is 49.5 Å². The average Bonchev–Trinajstić information content (AvgIpc) is 2.47. The quantitative estimate of drug-likeness (QED) is 0.643. The van der Waals surface area contributed by atoms with Crippen molar-refractivity contribution in [1.82, 2.24) is 0 Å². The Morgan fingerprint density at radius 2 is 2.05 bits per heavy atom. The summed E-state index contributed by atoms with van der Waals surface area (Å²) in [4.78, 5) is 2.07. The van der Waals surface area contributed by atoms with Crippen molar-refractivity contribution in [3.63, 3.8) is 0 Å². The van der Waals surface area contributed by atoms with E-state index < -0.39 is 0 Å². The van der Waals surface area contributed by atoms with Crippen LogP contribution >= 0.6 is 15.9 Å². The molecule has 0 atom stereocenters. The fraction of sp³-hybridized carbons (Fsp3) is 0.188. The normalized spacial score (nSPS) is 10.2. The largest absolute Gasteiger partial charge is 0.497 e. The number of nitrogens with two attached hydrogens (primary N) is 1. The summed E-state index contributed by atoms with van der Waals surface area (Å²) in [5.41, 5.74) is 8.44. The summed E-state index contributed by atoms with van der Waals surface area (Å²) in [5.74, 6) is 0.900. The third kappa shape index (κ3) is 3.76. The molecule has 0 unspecified atom stereocenters. The minimum atomic E-state index is 0.0648. The highest BCUT2D eigenvalue weighted by Crippen LogP contribution is 2.26. The van der Waals surface area contributed by atoms with Crippen molar-refractivity contribution in [2.24, 2.45) is 5.73 Å². The second-order valence-electron chi connectivity index (χ2n) is 4.78. The molecule has 3 N–H and O–H groups in total. The van der Waals surface area contributed by atoms with Crippen LogP contribution < -0.4 is 15.4 Å². The number of nitrogen functional groups attached to an aromatic ring is 1. The second kappa shape index (κ2) is 6.63. The third-order valence-electron chi connectivity index (χ3n) is 3.22. The number of benzene rings is 2. The summed E-state index contributed by atoms with van der Waals surface area (Å²) in [6.07, 6.45) is 0. The number of ether oxygens (including phenoxy) is 1. The van der Waals surface area contributed by atoms with Crippen LogP contribution in [0.1, 0.15) is 11.1 Å². The van der Waals surface area contributed by atoms with E-state index in [2.05, 4.69) is 20.8 Å². The van der Waals surface area contributed by atoms with E-state index in [9.17, 15) is 0 Å². The van der Waals surface area contributed by atoms with Crippen molar-refractivity contribution in [1.29, 1.82) is 5.41 Å². The van der Waals surface area contributed by atoms with Gasteiger partial charge in [0.15, 0.2) is 0 Å². The molecule has 0 bridgehead atoms. The number of anilines is 1. The molecule has 0 aliphatic carbocycles. The van der Waals surface area contributed by atoms with Gasteiger partial charge in [0.05, 0.1) is 7.11 Å². The number of nitrogens with one attached hydrogen (secondary N) is 1. The van der Waals surface area contributed by atoms with Gasteiger partial charge in [0.2, 0.25) is 0 Å². The zero-order valence-electron chi connectivity index (χ0n) is 12.1. The number of halogens is 1. The molecule has 5 heteroatoms. The SMILES string of the molecule is COc1cccc(CN(C)c2cc(Br)ccc2C(=N)N)c1. The summed E-state index contributed by atoms with van der Waals surface area (Å²) in [5, 5.41) is 7.70. The number of rotatable bonds is 5. The van der Waals surface area contributed by atoms with Gasteiger partial charge in [0, 0.05) is 29.3 Å². The highest BCUT2D eigenvalue weighted by molar-refractivity contribution is 9.10. The number of methoxy groups -OCH3 is 1. The Bertz CT molecular complexity index is 658. The molecule has 0 saturated heterocycles. The minimum Gasteiger partial charge on any atom is -0.497 e. The molecule has 0 radical (unpaired) electrons. The standard InChI is InChI=1S/C16H18BrN3O/c1-20(10-11-4-3-5-13(8-11)21-2)15-9-12(17)6-7-14(15)16(18)19/h3-9H,10H2,1-2H3,(H3,18,19). The van der Waals surface area contributed by atoms with Crippen molar-refractivity contribution >= 4 is 27.5 Å². The van der Waals surface area contributed by atoms with Crippen molar-refractivity contribution in [3.8, 4) is 5.75 Å². The van der Waals surface area contributed by atoms with Gasteiger partial charge in [-0.15, -0.1) is 0 Å². The van der Waals surface area contributed by atoms with Crippen LogP contribution in [0.15, 0.2) is 46.9 Å². The average molecular weight is 348 g/mol. The zero-order chi connectivity index (χ0) is 15.4. The van der Waals surface area contributed by atoms with Gasteiger partial charge in [0.1, 0.15) is 11.6 Å². The Hall–Kier alpha value is -2.01. The summed E-state index contributed by atoms with van der Waals surface area (Å²) in [6.45, 7) is 0.702. The van der Waals surface area contributed by atoms with Gasteiger partial charge in [-0.3, -0.25) is 5.41 Å². The Morgan fingerprint density at radius 3 is 2.71 bits per heavy atom. The van der Waals surface area contributed by atoms with Crippen molar-refractivity contribution in [2.75, 3.05) is 19.1 Å². The first-order valence-corrected chi connectivity index (χ1v) is 7.28. The van der Waals surface area contributed by atoms with E-state index in [1.165, 1.54) is 0 Å². The van der Waals surface area contributed by atoms with Crippen molar-refractivity contribution < 1.29 is 4.74 Å². The van der Waals surface area contributed by atoms with Crippen LogP contribution in [0.5, 0.6) is 5.75 Å². The molecular weight excluding hydrogens is 330 g/mol. The van der Waals surface area contributed by atoms with Gasteiger partial charge in [-0.2, -0.15) is 0 Å².